The van der Waals surface area contributed by atoms with Crippen LogP contribution in [0.2, 0.25) is 0 Å². The van der Waals surface area contributed by atoms with Crippen LogP contribution >= 0.6 is 11.8 Å². The molecule has 1 N–H and O–H groups in total. The second kappa shape index (κ2) is 5.83. The van der Waals surface area contributed by atoms with E-state index < -0.39 is 0 Å². The number of H-pyrrole nitrogens is 1. The molecule has 4 nitrogen and oxygen atoms in total. The summed E-state index contributed by atoms with van der Waals surface area (Å²) in [4.78, 5) is 20.7. The van der Waals surface area contributed by atoms with Gasteiger partial charge in [-0.05, 0) is 32.0 Å². The van der Waals surface area contributed by atoms with Crippen molar-refractivity contribution in [3.8, 4) is 0 Å². The van der Waals surface area contributed by atoms with E-state index in [1.54, 1.807) is 0 Å². The zero-order valence-electron chi connectivity index (χ0n) is 13.4. The fourth-order valence-electron chi connectivity index (χ4n) is 2.90. The van der Waals surface area contributed by atoms with Crippen molar-refractivity contribution in [2.24, 2.45) is 0 Å². The number of ketones is 1. The van der Waals surface area contributed by atoms with Crippen LogP contribution in [0.3, 0.4) is 0 Å². The molecule has 1 atom stereocenters. The highest BCUT2D eigenvalue weighted by Gasteiger charge is 2.24. The van der Waals surface area contributed by atoms with Crippen LogP contribution in [0.5, 0.6) is 0 Å². The number of aromatic amines is 1. The smallest absolute Gasteiger partial charge is 0.257 e. The molecule has 2 aromatic carbocycles. The van der Waals surface area contributed by atoms with Crippen molar-refractivity contribution in [2.75, 3.05) is 0 Å². The van der Waals surface area contributed by atoms with Crippen LogP contribution in [0, 0.1) is 6.92 Å². The lowest BCUT2D eigenvalue weighted by Crippen LogP contribution is -2.14. The standard InChI is InChI=1S/C19H16N2O2S/c1-11-17(13-7-3-4-8-14(13)20-11)18(22)12(2)24-19-21-15-9-5-6-10-16(15)23-19/h3-10,12,20H,1-2H3/t12-/m1/s1. The highest BCUT2D eigenvalue weighted by molar-refractivity contribution is 8.00. The molecule has 0 fully saturated rings. The Morgan fingerprint density at radius 1 is 1.17 bits per heavy atom. The van der Waals surface area contributed by atoms with E-state index in [9.17, 15) is 4.79 Å². The van der Waals surface area contributed by atoms with Gasteiger partial charge in [-0.1, -0.05) is 42.1 Å². The summed E-state index contributed by atoms with van der Waals surface area (Å²) in [5, 5.41) is 1.20. The van der Waals surface area contributed by atoms with Crippen molar-refractivity contribution in [3.63, 3.8) is 0 Å². The number of aryl methyl sites for hydroxylation is 1. The Morgan fingerprint density at radius 2 is 1.92 bits per heavy atom. The maximum absolute atomic E-state index is 12.9. The molecule has 0 aliphatic carbocycles. The van der Waals surface area contributed by atoms with Crippen LogP contribution in [0.1, 0.15) is 23.0 Å². The molecule has 0 saturated carbocycles. The number of aromatic nitrogens is 2. The number of benzene rings is 2. The van der Waals surface area contributed by atoms with E-state index in [1.807, 2.05) is 62.4 Å². The van der Waals surface area contributed by atoms with Gasteiger partial charge in [-0.2, -0.15) is 0 Å². The van der Waals surface area contributed by atoms with Gasteiger partial charge in [-0.15, -0.1) is 0 Å². The van der Waals surface area contributed by atoms with Crippen LogP contribution < -0.4 is 0 Å². The highest BCUT2D eigenvalue weighted by Crippen LogP contribution is 2.31. The third kappa shape index (κ3) is 2.51. The second-order valence-corrected chi connectivity index (χ2v) is 7.03. The van der Waals surface area contributed by atoms with Crippen molar-refractivity contribution >= 4 is 39.5 Å². The monoisotopic (exact) mass is 336 g/mol. The molecule has 5 heteroatoms. The number of thioether (sulfide) groups is 1. The number of rotatable bonds is 4. The third-order valence-corrected chi connectivity index (χ3v) is 5.00. The molecular formula is C19H16N2O2S. The quantitative estimate of drug-likeness (QED) is 0.422. The predicted molar refractivity (Wildman–Crippen MR) is 96.7 cm³/mol. The molecule has 0 aliphatic rings. The van der Waals surface area contributed by atoms with Crippen molar-refractivity contribution in [1.82, 2.24) is 9.97 Å². The van der Waals surface area contributed by atoms with Crippen LogP contribution in [0.15, 0.2) is 58.2 Å². The zero-order chi connectivity index (χ0) is 16.7. The van der Waals surface area contributed by atoms with Gasteiger partial charge in [0.15, 0.2) is 11.4 Å². The highest BCUT2D eigenvalue weighted by atomic mass is 32.2. The van der Waals surface area contributed by atoms with Gasteiger partial charge in [0.1, 0.15) is 5.52 Å². The van der Waals surface area contributed by atoms with Gasteiger partial charge in [0.05, 0.1) is 5.25 Å². The predicted octanol–water partition coefficient (Wildman–Crippen LogP) is 4.98. The number of hydrogen-bond acceptors (Lipinski definition) is 4. The summed E-state index contributed by atoms with van der Waals surface area (Å²) in [6, 6.07) is 15.5. The summed E-state index contributed by atoms with van der Waals surface area (Å²) < 4.78 is 5.72. The van der Waals surface area contributed by atoms with Crippen LogP contribution in [-0.2, 0) is 0 Å². The number of oxazole rings is 1. The third-order valence-electron chi connectivity index (χ3n) is 4.06. The summed E-state index contributed by atoms with van der Waals surface area (Å²) in [5.74, 6) is 0.0807. The number of carbonyl (C=O) groups excluding carboxylic acids is 1. The largest absolute Gasteiger partial charge is 0.431 e. The van der Waals surface area contributed by atoms with Crippen LogP contribution in [0.4, 0.5) is 0 Å². The molecule has 4 aromatic rings. The average molecular weight is 336 g/mol. The van der Waals surface area contributed by atoms with Crippen LogP contribution in [0.25, 0.3) is 22.0 Å². The lowest BCUT2D eigenvalue weighted by atomic mass is 10.1. The fraction of sp³-hybridized carbons (Fsp3) is 0.158. The first-order chi connectivity index (χ1) is 11.6. The number of nitrogens with one attached hydrogen (secondary N) is 1. The van der Waals surface area contributed by atoms with Gasteiger partial charge in [0.2, 0.25) is 0 Å². The van der Waals surface area contributed by atoms with Crippen molar-refractivity contribution in [1.29, 1.82) is 0 Å². The van der Waals surface area contributed by atoms with E-state index in [2.05, 4.69) is 9.97 Å². The van der Waals surface area contributed by atoms with E-state index in [0.717, 1.165) is 33.3 Å². The lowest BCUT2D eigenvalue weighted by Gasteiger charge is -2.08. The molecule has 0 radical (unpaired) electrons. The maximum Gasteiger partial charge on any atom is 0.257 e. The van der Waals surface area contributed by atoms with Gasteiger partial charge in [-0.3, -0.25) is 4.79 Å². The van der Waals surface area contributed by atoms with Crippen molar-refractivity contribution in [3.05, 3.63) is 59.8 Å². The molecular weight excluding hydrogens is 320 g/mol. The molecule has 0 amide bonds. The van der Waals surface area contributed by atoms with Gasteiger partial charge in [-0.25, -0.2) is 4.98 Å². The zero-order valence-corrected chi connectivity index (χ0v) is 14.2. The van der Waals surface area contributed by atoms with Gasteiger partial charge in [0.25, 0.3) is 5.22 Å². The number of hydrogen-bond donors (Lipinski definition) is 1. The molecule has 0 unspecified atom stereocenters. The summed E-state index contributed by atoms with van der Waals surface area (Å²) in [6.07, 6.45) is 0. The van der Waals surface area contributed by atoms with E-state index >= 15 is 0 Å². The lowest BCUT2D eigenvalue weighted by molar-refractivity contribution is 0.0994. The topological polar surface area (TPSA) is 58.9 Å². The SMILES string of the molecule is Cc1[nH]c2ccccc2c1C(=O)[C@@H](C)Sc1nc2ccccc2o1. The molecule has 2 heterocycles. The normalized spacial score (nSPS) is 12.8. The van der Waals surface area contributed by atoms with Gasteiger partial charge in [0, 0.05) is 22.2 Å². The second-order valence-electron chi connectivity index (χ2n) is 5.74. The minimum Gasteiger partial charge on any atom is -0.431 e. The minimum atomic E-state index is -0.282. The first-order valence-electron chi connectivity index (χ1n) is 7.77. The Kier molecular flexibility index (Phi) is 3.65. The summed E-state index contributed by atoms with van der Waals surface area (Å²) in [6.45, 7) is 3.83. The first kappa shape index (κ1) is 15.0. The molecule has 24 heavy (non-hydrogen) atoms. The number of Topliss-reactive ketones (excluding diaryl/α,β-unsaturated/α-hetero) is 1. The maximum atomic E-state index is 12.9. The molecule has 120 valence electrons. The molecule has 0 spiro atoms. The number of carbonyl (C=O) groups is 1. The first-order valence-corrected chi connectivity index (χ1v) is 8.65. The van der Waals surface area contributed by atoms with Gasteiger partial charge < -0.3 is 9.40 Å². The average Bonchev–Trinajstić information content (AvgIpc) is 3.13. The summed E-state index contributed by atoms with van der Waals surface area (Å²) in [7, 11) is 0. The Balaban J connectivity index is 1.64. The Bertz CT molecular complexity index is 1010. The number of para-hydroxylation sites is 3. The number of fused-ring (bicyclic) bond motifs is 2. The minimum absolute atomic E-state index is 0.0807. The van der Waals surface area contributed by atoms with Crippen molar-refractivity contribution in [2.45, 2.75) is 24.3 Å². The summed E-state index contributed by atoms with van der Waals surface area (Å²) >= 11 is 1.35. The fourth-order valence-corrected chi connectivity index (χ4v) is 3.72. The molecule has 0 bridgehead atoms. The van der Waals surface area contributed by atoms with Crippen LogP contribution in [-0.4, -0.2) is 21.0 Å². The Morgan fingerprint density at radius 3 is 2.75 bits per heavy atom. The van der Waals surface area contributed by atoms with E-state index in [1.165, 1.54) is 11.8 Å². The van der Waals surface area contributed by atoms with Gasteiger partial charge >= 0.3 is 0 Å². The molecule has 4 rings (SSSR count). The van der Waals surface area contributed by atoms with E-state index in [-0.39, 0.29) is 11.0 Å². The molecule has 2 aromatic heterocycles. The summed E-state index contributed by atoms with van der Waals surface area (Å²) in [5.41, 5.74) is 4.18. The van der Waals surface area contributed by atoms with Crippen molar-refractivity contribution < 1.29 is 9.21 Å². The Hall–Kier alpha value is -2.53. The van der Waals surface area contributed by atoms with E-state index in [4.69, 9.17) is 4.42 Å². The Labute approximate surface area is 143 Å². The molecule has 0 saturated heterocycles. The van der Waals surface area contributed by atoms with E-state index in [0.29, 0.717) is 5.22 Å². The molecule has 0 aliphatic heterocycles. The number of nitrogens with zero attached hydrogens (tertiary/aromatic N) is 1.